The number of pyridine rings is 2. The zero-order valence-electron chi connectivity index (χ0n) is 17.5. The van der Waals surface area contributed by atoms with Crippen molar-refractivity contribution in [2.24, 2.45) is 0 Å². The van der Waals surface area contributed by atoms with E-state index in [1.54, 1.807) is 32.0 Å². The largest absolute Gasteiger partial charge is 0.497 e. The maximum absolute atomic E-state index is 13.1. The monoisotopic (exact) mass is 442 g/mol. The number of hydrogen-bond donors (Lipinski definition) is 2. The van der Waals surface area contributed by atoms with E-state index in [1.807, 2.05) is 6.07 Å². The lowest BCUT2D eigenvalue weighted by Gasteiger charge is -2.15. The summed E-state index contributed by atoms with van der Waals surface area (Å²) in [6.07, 6.45) is 2.74. The smallest absolute Gasteiger partial charge is 0.274 e. The molecule has 3 rings (SSSR count). The Hall–Kier alpha value is -3.66. The molecule has 2 aromatic heterocycles. The number of benzene rings is 1. The van der Waals surface area contributed by atoms with Gasteiger partial charge in [-0.2, -0.15) is 0 Å². The van der Waals surface area contributed by atoms with Crippen molar-refractivity contribution >= 4 is 27.3 Å². The molecule has 31 heavy (non-hydrogen) atoms. The summed E-state index contributed by atoms with van der Waals surface area (Å²) >= 11 is 0. The number of nitrogens with zero attached hydrogens (tertiary/aromatic N) is 2. The number of methoxy groups -OCH3 is 2. The second-order valence-electron chi connectivity index (χ2n) is 6.64. The molecule has 0 saturated carbocycles. The van der Waals surface area contributed by atoms with Crippen molar-refractivity contribution in [1.29, 1.82) is 0 Å². The molecule has 0 atom stereocenters. The summed E-state index contributed by atoms with van der Waals surface area (Å²) in [4.78, 5) is 20.3. The van der Waals surface area contributed by atoms with Gasteiger partial charge in [0.1, 0.15) is 11.4 Å². The van der Waals surface area contributed by atoms with Gasteiger partial charge in [-0.15, -0.1) is 0 Å². The molecule has 162 valence electrons. The fourth-order valence-electron chi connectivity index (χ4n) is 2.87. The molecule has 0 spiro atoms. The number of nitrogens with one attached hydrogen (secondary N) is 2. The Bertz CT molecular complexity index is 1210. The lowest BCUT2D eigenvalue weighted by molar-refractivity contribution is 0.102. The number of aromatic nitrogens is 2. The predicted octanol–water partition coefficient (Wildman–Crippen LogP) is 3.16. The molecule has 0 aliphatic carbocycles. The van der Waals surface area contributed by atoms with Crippen LogP contribution in [0.5, 0.6) is 11.6 Å². The minimum atomic E-state index is -4.06. The number of aryl methyl sites for hydroxylation is 2. The molecule has 3 aromatic rings. The topological polar surface area (TPSA) is 120 Å². The number of hydrogen-bond acceptors (Lipinski definition) is 7. The van der Waals surface area contributed by atoms with E-state index in [1.165, 1.54) is 38.7 Å². The van der Waals surface area contributed by atoms with Crippen LogP contribution in [0.1, 0.15) is 21.6 Å². The fourth-order valence-corrected chi connectivity index (χ4v) is 4.22. The van der Waals surface area contributed by atoms with Crippen LogP contribution in [-0.2, 0) is 10.0 Å². The van der Waals surface area contributed by atoms with Gasteiger partial charge < -0.3 is 14.8 Å². The van der Waals surface area contributed by atoms with E-state index in [4.69, 9.17) is 9.47 Å². The molecule has 0 aliphatic heterocycles. The Morgan fingerprint density at radius 1 is 1.00 bits per heavy atom. The molecule has 0 unspecified atom stereocenters. The molecule has 0 aliphatic rings. The Labute approximate surface area is 180 Å². The number of rotatable bonds is 7. The summed E-state index contributed by atoms with van der Waals surface area (Å²) in [5.74, 6) is -0.178. The van der Waals surface area contributed by atoms with Crippen LogP contribution in [0.4, 0.5) is 11.4 Å². The Balaban J connectivity index is 1.94. The highest BCUT2D eigenvalue weighted by Crippen LogP contribution is 2.29. The third-order valence-electron chi connectivity index (χ3n) is 4.48. The molecular weight excluding hydrogens is 420 g/mol. The first-order valence-electron chi connectivity index (χ1n) is 9.19. The van der Waals surface area contributed by atoms with Gasteiger partial charge in [0, 0.05) is 12.3 Å². The van der Waals surface area contributed by atoms with E-state index in [9.17, 15) is 13.2 Å². The van der Waals surface area contributed by atoms with Crippen molar-refractivity contribution in [2.75, 3.05) is 24.3 Å². The number of ether oxygens (including phenoxy) is 2. The Kier molecular flexibility index (Phi) is 6.40. The molecule has 0 fully saturated rings. The van der Waals surface area contributed by atoms with Gasteiger partial charge in [0.05, 0.1) is 31.8 Å². The first kappa shape index (κ1) is 22.0. The van der Waals surface area contributed by atoms with Crippen LogP contribution in [0.3, 0.4) is 0 Å². The standard InChI is InChI=1S/C21H22N4O5S/c1-13-6-5-7-14(2)19(13)25-31(27,28)18-10-15(12-23-21(18)30-4)24-20(26)17-11-16(29-3)8-9-22-17/h5-12,25H,1-4H3,(H,24,26). The number of carbonyl (C=O) groups is 1. The van der Waals surface area contributed by atoms with E-state index in [0.29, 0.717) is 11.4 Å². The third-order valence-corrected chi connectivity index (χ3v) is 5.82. The zero-order chi connectivity index (χ0) is 22.6. The van der Waals surface area contributed by atoms with Crippen molar-refractivity contribution in [2.45, 2.75) is 18.7 Å². The fraction of sp³-hybridized carbons (Fsp3) is 0.190. The molecule has 1 amide bonds. The maximum Gasteiger partial charge on any atom is 0.274 e. The average Bonchev–Trinajstić information content (AvgIpc) is 2.76. The molecule has 2 heterocycles. The van der Waals surface area contributed by atoms with Crippen LogP contribution in [0.2, 0.25) is 0 Å². The second-order valence-corrected chi connectivity index (χ2v) is 8.29. The van der Waals surface area contributed by atoms with Gasteiger partial charge in [-0.25, -0.2) is 13.4 Å². The van der Waals surface area contributed by atoms with E-state index in [2.05, 4.69) is 20.0 Å². The van der Waals surface area contributed by atoms with Gasteiger partial charge >= 0.3 is 0 Å². The third kappa shape index (κ3) is 4.92. The molecule has 2 N–H and O–H groups in total. The van der Waals surface area contributed by atoms with Gasteiger partial charge in [-0.05, 0) is 37.1 Å². The Morgan fingerprint density at radius 3 is 2.35 bits per heavy atom. The van der Waals surface area contributed by atoms with E-state index in [-0.39, 0.29) is 22.2 Å². The summed E-state index contributed by atoms with van der Waals surface area (Å²) in [5.41, 5.74) is 2.28. The number of para-hydroxylation sites is 1. The SMILES string of the molecule is COc1ccnc(C(=O)Nc2cnc(OC)c(S(=O)(=O)Nc3c(C)cccc3C)c2)c1. The van der Waals surface area contributed by atoms with Gasteiger partial charge in [-0.1, -0.05) is 18.2 Å². The number of amides is 1. The average molecular weight is 442 g/mol. The number of carbonyl (C=O) groups excluding carboxylic acids is 1. The molecule has 0 saturated heterocycles. The first-order valence-corrected chi connectivity index (χ1v) is 10.7. The highest BCUT2D eigenvalue weighted by Gasteiger charge is 2.23. The summed E-state index contributed by atoms with van der Waals surface area (Å²) in [5, 5.41) is 2.59. The predicted molar refractivity (Wildman–Crippen MR) is 116 cm³/mol. The maximum atomic E-state index is 13.1. The number of sulfonamides is 1. The highest BCUT2D eigenvalue weighted by atomic mass is 32.2. The van der Waals surface area contributed by atoms with Crippen molar-refractivity contribution in [1.82, 2.24) is 9.97 Å². The highest BCUT2D eigenvalue weighted by molar-refractivity contribution is 7.92. The lowest BCUT2D eigenvalue weighted by atomic mass is 10.1. The van der Waals surface area contributed by atoms with Gasteiger partial charge in [-0.3, -0.25) is 14.5 Å². The molecule has 0 radical (unpaired) electrons. The van der Waals surface area contributed by atoms with Crippen LogP contribution in [0.25, 0.3) is 0 Å². The minimum absolute atomic E-state index is 0.101. The van der Waals surface area contributed by atoms with Crippen LogP contribution in [0.15, 0.2) is 53.7 Å². The van der Waals surface area contributed by atoms with Crippen molar-refractivity contribution in [3.05, 3.63) is 65.6 Å². The van der Waals surface area contributed by atoms with E-state index < -0.39 is 15.9 Å². The molecular formula is C21H22N4O5S. The first-order chi connectivity index (χ1) is 14.7. The molecule has 1 aromatic carbocycles. The van der Waals surface area contributed by atoms with Crippen LogP contribution < -0.4 is 19.5 Å². The number of anilines is 2. The zero-order valence-corrected chi connectivity index (χ0v) is 18.3. The molecule has 9 nitrogen and oxygen atoms in total. The van der Waals surface area contributed by atoms with E-state index >= 15 is 0 Å². The van der Waals surface area contributed by atoms with Crippen molar-refractivity contribution < 1.29 is 22.7 Å². The molecule has 0 bridgehead atoms. The van der Waals surface area contributed by atoms with Crippen molar-refractivity contribution in [3.8, 4) is 11.6 Å². The van der Waals surface area contributed by atoms with Crippen LogP contribution in [0, 0.1) is 13.8 Å². The Morgan fingerprint density at radius 2 is 1.71 bits per heavy atom. The minimum Gasteiger partial charge on any atom is -0.497 e. The van der Waals surface area contributed by atoms with Crippen LogP contribution in [-0.4, -0.2) is 38.5 Å². The molecule has 10 heteroatoms. The summed E-state index contributed by atoms with van der Waals surface area (Å²) < 4.78 is 39.0. The summed E-state index contributed by atoms with van der Waals surface area (Å²) in [7, 11) is -1.26. The normalized spacial score (nSPS) is 11.0. The lowest BCUT2D eigenvalue weighted by Crippen LogP contribution is -2.18. The second kappa shape index (κ2) is 9.00. The van der Waals surface area contributed by atoms with Gasteiger partial charge in [0.25, 0.3) is 15.9 Å². The summed E-state index contributed by atoms with van der Waals surface area (Å²) in [6.45, 7) is 3.61. The van der Waals surface area contributed by atoms with Crippen molar-refractivity contribution in [3.63, 3.8) is 0 Å². The quantitative estimate of drug-likeness (QED) is 0.577. The van der Waals surface area contributed by atoms with Crippen LogP contribution >= 0.6 is 0 Å². The van der Waals surface area contributed by atoms with Gasteiger partial charge in [0.15, 0.2) is 4.90 Å². The summed E-state index contributed by atoms with van der Waals surface area (Å²) in [6, 6.07) is 9.80. The van der Waals surface area contributed by atoms with E-state index in [0.717, 1.165) is 11.1 Å². The van der Waals surface area contributed by atoms with Gasteiger partial charge in [0.2, 0.25) is 5.88 Å².